The Morgan fingerprint density at radius 1 is 1.22 bits per heavy atom. The summed E-state index contributed by atoms with van der Waals surface area (Å²) in [6.07, 6.45) is 4.22. The number of para-hydroxylation sites is 1. The van der Waals surface area contributed by atoms with E-state index < -0.39 is 0 Å². The van der Waals surface area contributed by atoms with Crippen LogP contribution in [0, 0.1) is 0 Å². The molecule has 0 bridgehead atoms. The van der Waals surface area contributed by atoms with Crippen molar-refractivity contribution in [1.29, 1.82) is 0 Å². The number of hydrogen-bond acceptors (Lipinski definition) is 3. The summed E-state index contributed by atoms with van der Waals surface area (Å²) in [6, 6.07) is 16.7. The SMILES string of the molecule is CSc1ccc(NC(=O)CN2c3ccccc3CCC2C)cc1. The van der Waals surface area contributed by atoms with Crippen LogP contribution in [0.15, 0.2) is 53.4 Å². The first-order valence-electron chi connectivity index (χ1n) is 7.96. The number of thioether (sulfide) groups is 1. The molecule has 0 saturated heterocycles. The molecule has 1 unspecified atom stereocenters. The van der Waals surface area contributed by atoms with Crippen LogP contribution in [-0.4, -0.2) is 24.7 Å². The van der Waals surface area contributed by atoms with Gasteiger partial charge in [-0.3, -0.25) is 4.79 Å². The van der Waals surface area contributed by atoms with Crippen molar-refractivity contribution in [2.24, 2.45) is 0 Å². The lowest BCUT2D eigenvalue weighted by Crippen LogP contribution is -2.42. The van der Waals surface area contributed by atoms with Crippen LogP contribution in [0.3, 0.4) is 0 Å². The highest BCUT2D eigenvalue weighted by atomic mass is 32.2. The molecule has 3 nitrogen and oxygen atoms in total. The van der Waals surface area contributed by atoms with Crippen molar-refractivity contribution >= 4 is 29.0 Å². The molecule has 120 valence electrons. The van der Waals surface area contributed by atoms with Crippen LogP contribution >= 0.6 is 11.8 Å². The second kappa shape index (κ2) is 7.09. The molecule has 1 heterocycles. The number of hydrogen-bond donors (Lipinski definition) is 1. The highest BCUT2D eigenvalue weighted by Gasteiger charge is 2.24. The number of nitrogens with zero attached hydrogens (tertiary/aromatic N) is 1. The lowest BCUT2D eigenvalue weighted by molar-refractivity contribution is -0.115. The zero-order chi connectivity index (χ0) is 16.2. The summed E-state index contributed by atoms with van der Waals surface area (Å²) < 4.78 is 0. The molecular weight excluding hydrogens is 304 g/mol. The van der Waals surface area contributed by atoms with E-state index in [0.29, 0.717) is 12.6 Å². The predicted octanol–water partition coefficient (Wildman–Crippen LogP) is 4.19. The molecule has 1 atom stereocenters. The van der Waals surface area contributed by atoms with E-state index in [2.05, 4.69) is 35.3 Å². The van der Waals surface area contributed by atoms with Gasteiger partial charge in [0.1, 0.15) is 0 Å². The van der Waals surface area contributed by atoms with E-state index in [9.17, 15) is 4.79 Å². The van der Waals surface area contributed by atoms with Crippen molar-refractivity contribution in [3.8, 4) is 0 Å². The molecule has 4 heteroatoms. The molecule has 0 radical (unpaired) electrons. The number of rotatable bonds is 4. The van der Waals surface area contributed by atoms with E-state index in [-0.39, 0.29) is 5.91 Å². The molecule has 1 N–H and O–H groups in total. The van der Waals surface area contributed by atoms with Crippen molar-refractivity contribution in [1.82, 2.24) is 0 Å². The van der Waals surface area contributed by atoms with E-state index in [1.54, 1.807) is 11.8 Å². The summed E-state index contributed by atoms with van der Waals surface area (Å²) in [7, 11) is 0. The van der Waals surface area contributed by atoms with E-state index in [1.165, 1.54) is 16.1 Å². The van der Waals surface area contributed by atoms with Gasteiger partial charge in [-0.2, -0.15) is 0 Å². The highest BCUT2D eigenvalue weighted by molar-refractivity contribution is 7.98. The summed E-state index contributed by atoms with van der Waals surface area (Å²) in [5.41, 5.74) is 3.38. The Morgan fingerprint density at radius 2 is 1.96 bits per heavy atom. The fourth-order valence-electron chi connectivity index (χ4n) is 3.03. The minimum absolute atomic E-state index is 0.0328. The summed E-state index contributed by atoms with van der Waals surface area (Å²) in [4.78, 5) is 15.8. The lowest BCUT2D eigenvalue weighted by Gasteiger charge is -2.36. The number of nitrogens with one attached hydrogen (secondary N) is 1. The number of aryl methyl sites for hydroxylation is 1. The van der Waals surface area contributed by atoms with Crippen LogP contribution in [0.1, 0.15) is 18.9 Å². The molecule has 3 rings (SSSR count). The van der Waals surface area contributed by atoms with Crippen LogP contribution in [0.4, 0.5) is 11.4 Å². The maximum Gasteiger partial charge on any atom is 0.243 e. The average Bonchev–Trinajstić information content (AvgIpc) is 2.58. The molecule has 0 spiro atoms. The first kappa shape index (κ1) is 15.9. The largest absolute Gasteiger partial charge is 0.359 e. The predicted molar refractivity (Wildman–Crippen MR) is 98.4 cm³/mol. The van der Waals surface area contributed by atoms with Crippen LogP contribution in [0.5, 0.6) is 0 Å². The van der Waals surface area contributed by atoms with Gasteiger partial charge in [0, 0.05) is 22.3 Å². The second-order valence-corrected chi connectivity index (χ2v) is 6.80. The molecule has 0 aromatic heterocycles. The quantitative estimate of drug-likeness (QED) is 0.855. The molecule has 1 aliphatic heterocycles. The van der Waals surface area contributed by atoms with Gasteiger partial charge in [-0.15, -0.1) is 11.8 Å². The van der Waals surface area contributed by atoms with Crippen molar-refractivity contribution in [3.63, 3.8) is 0 Å². The maximum atomic E-state index is 12.4. The third-order valence-electron chi connectivity index (χ3n) is 4.35. The van der Waals surface area contributed by atoms with Gasteiger partial charge < -0.3 is 10.2 Å². The van der Waals surface area contributed by atoms with Crippen molar-refractivity contribution < 1.29 is 4.79 Å². The van der Waals surface area contributed by atoms with Crippen LogP contribution < -0.4 is 10.2 Å². The number of carbonyl (C=O) groups excluding carboxylic acids is 1. The summed E-state index contributed by atoms with van der Waals surface area (Å²) >= 11 is 1.70. The molecule has 1 aliphatic rings. The molecule has 0 saturated carbocycles. The first-order valence-corrected chi connectivity index (χ1v) is 9.18. The van der Waals surface area contributed by atoms with E-state index in [4.69, 9.17) is 0 Å². The third kappa shape index (κ3) is 3.70. The summed E-state index contributed by atoms with van der Waals surface area (Å²) in [5.74, 6) is 0.0328. The van der Waals surface area contributed by atoms with Gasteiger partial charge in [-0.1, -0.05) is 18.2 Å². The normalized spacial score (nSPS) is 16.8. The smallest absolute Gasteiger partial charge is 0.243 e. The number of amides is 1. The van der Waals surface area contributed by atoms with Crippen LogP contribution in [0.25, 0.3) is 0 Å². The lowest BCUT2D eigenvalue weighted by atomic mass is 9.96. The summed E-state index contributed by atoms with van der Waals surface area (Å²) in [5, 5.41) is 3.00. The maximum absolute atomic E-state index is 12.4. The highest BCUT2D eigenvalue weighted by Crippen LogP contribution is 2.30. The van der Waals surface area contributed by atoms with Gasteiger partial charge >= 0.3 is 0 Å². The number of carbonyl (C=O) groups is 1. The van der Waals surface area contributed by atoms with Gasteiger partial charge in [0.2, 0.25) is 5.91 Å². The van der Waals surface area contributed by atoms with E-state index in [0.717, 1.165) is 18.5 Å². The molecule has 23 heavy (non-hydrogen) atoms. The fraction of sp³-hybridized carbons (Fsp3) is 0.316. The Kier molecular flexibility index (Phi) is 4.91. The van der Waals surface area contributed by atoms with Gasteiger partial charge in [-0.25, -0.2) is 0 Å². The third-order valence-corrected chi connectivity index (χ3v) is 5.10. The Hall–Kier alpha value is -1.94. The number of benzene rings is 2. The Bertz CT molecular complexity index is 684. The number of fused-ring (bicyclic) bond motifs is 1. The van der Waals surface area contributed by atoms with Crippen molar-refractivity contribution in [3.05, 3.63) is 54.1 Å². The molecule has 0 fully saturated rings. The zero-order valence-corrected chi connectivity index (χ0v) is 14.4. The minimum Gasteiger partial charge on any atom is -0.359 e. The standard InChI is InChI=1S/C19H22N2OS/c1-14-7-8-15-5-3-4-6-18(15)21(14)13-19(22)20-16-9-11-17(23-2)12-10-16/h3-6,9-12,14H,7-8,13H2,1-2H3,(H,20,22). The zero-order valence-electron chi connectivity index (χ0n) is 13.6. The minimum atomic E-state index is 0.0328. The topological polar surface area (TPSA) is 32.3 Å². The van der Waals surface area contributed by atoms with E-state index in [1.807, 2.05) is 36.6 Å². The Labute approximate surface area is 142 Å². The molecular formula is C19H22N2OS. The van der Waals surface area contributed by atoms with Gasteiger partial charge in [-0.05, 0) is 61.9 Å². The Morgan fingerprint density at radius 3 is 2.70 bits per heavy atom. The van der Waals surface area contributed by atoms with Crippen molar-refractivity contribution in [2.45, 2.75) is 30.7 Å². The van der Waals surface area contributed by atoms with Gasteiger partial charge in [0.05, 0.1) is 6.54 Å². The fourth-order valence-corrected chi connectivity index (χ4v) is 3.44. The van der Waals surface area contributed by atoms with Gasteiger partial charge in [0.15, 0.2) is 0 Å². The van der Waals surface area contributed by atoms with Crippen LogP contribution in [0.2, 0.25) is 0 Å². The second-order valence-electron chi connectivity index (χ2n) is 5.92. The van der Waals surface area contributed by atoms with E-state index >= 15 is 0 Å². The molecule has 2 aromatic carbocycles. The van der Waals surface area contributed by atoms with Crippen molar-refractivity contribution in [2.75, 3.05) is 23.0 Å². The monoisotopic (exact) mass is 326 g/mol. The average molecular weight is 326 g/mol. The summed E-state index contributed by atoms with van der Waals surface area (Å²) in [6.45, 7) is 2.58. The molecule has 1 amide bonds. The molecule has 0 aliphatic carbocycles. The Balaban J connectivity index is 1.69. The first-order chi connectivity index (χ1) is 11.2. The molecule has 2 aromatic rings. The van der Waals surface area contributed by atoms with Gasteiger partial charge in [0.25, 0.3) is 0 Å². The van der Waals surface area contributed by atoms with Crippen LogP contribution in [-0.2, 0) is 11.2 Å². The number of anilines is 2.